The lowest BCUT2D eigenvalue weighted by molar-refractivity contribution is -0.0239. The topological polar surface area (TPSA) is 49.2 Å². The van der Waals surface area contributed by atoms with Crippen LogP contribution in [0.3, 0.4) is 0 Å². The van der Waals surface area contributed by atoms with Gasteiger partial charge in [-0.15, -0.1) is 0 Å². The lowest BCUT2D eigenvalue weighted by atomic mass is 9.94. The minimum absolute atomic E-state index is 0.230. The quantitative estimate of drug-likeness (QED) is 0.874. The van der Waals surface area contributed by atoms with Crippen molar-refractivity contribution in [3.8, 4) is 0 Å². The normalized spacial score (nSPS) is 22.8. The maximum Gasteiger partial charge on any atom is 0.148 e. The van der Waals surface area contributed by atoms with Crippen molar-refractivity contribution in [2.24, 2.45) is 0 Å². The highest BCUT2D eigenvalue weighted by molar-refractivity contribution is 6.35. The first-order chi connectivity index (χ1) is 9.20. The van der Waals surface area contributed by atoms with Gasteiger partial charge in [-0.05, 0) is 12.1 Å². The molecule has 0 amide bonds. The van der Waals surface area contributed by atoms with Gasteiger partial charge in [0, 0.05) is 15.6 Å². The predicted molar refractivity (Wildman–Crippen MR) is 70.1 cm³/mol. The Kier molecular flexibility index (Phi) is 3.45. The number of benzene rings is 1. The van der Waals surface area contributed by atoms with Crippen LogP contribution in [-0.4, -0.2) is 28.2 Å². The molecule has 0 radical (unpaired) electrons. The number of ether oxygens (including phenoxy) is 2. The third kappa shape index (κ3) is 2.47. The highest BCUT2D eigenvalue weighted by Crippen LogP contribution is 2.37. The molecular formula is C12H11Cl2N3O2. The Morgan fingerprint density at radius 2 is 2.26 bits per heavy atom. The fourth-order valence-electron chi connectivity index (χ4n) is 2.17. The van der Waals surface area contributed by atoms with Crippen LogP contribution in [0.2, 0.25) is 10.0 Å². The maximum atomic E-state index is 6.27. The molecule has 19 heavy (non-hydrogen) atoms. The Bertz CT molecular complexity index is 568. The Morgan fingerprint density at radius 1 is 1.37 bits per heavy atom. The Hall–Kier alpha value is -1.14. The van der Waals surface area contributed by atoms with E-state index in [4.69, 9.17) is 32.7 Å². The third-order valence-electron chi connectivity index (χ3n) is 3.06. The summed E-state index contributed by atoms with van der Waals surface area (Å²) >= 11 is 12.2. The van der Waals surface area contributed by atoms with E-state index in [9.17, 15) is 0 Å². The number of hydrogen-bond acceptors (Lipinski definition) is 4. The van der Waals surface area contributed by atoms with Crippen molar-refractivity contribution in [3.63, 3.8) is 0 Å². The van der Waals surface area contributed by atoms with Crippen molar-refractivity contribution < 1.29 is 9.47 Å². The second-order valence-corrected chi connectivity index (χ2v) is 5.17. The van der Waals surface area contributed by atoms with E-state index in [-0.39, 0.29) is 6.79 Å². The van der Waals surface area contributed by atoms with Gasteiger partial charge in [0.2, 0.25) is 0 Å². The van der Waals surface area contributed by atoms with Gasteiger partial charge in [-0.3, -0.25) is 0 Å². The molecular weight excluding hydrogens is 289 g/mol. The van der Waals surface area contributed by atoms with Crippen molar-refractivity contribution in [2.75, 3.05) is 13.4 Å². The average molecular weight is 300 g/mol. The summed E-state index contributed by atoms with van der Waals surface area (Å²) in [5, 5.41) is 5.24. The van der Waals surface area contributed by atoms with E-state index in [2.05, 4.69) is 10.1 Å². The highest BCUT2D eigenvalue weighted by Gasteiger charge is 2.40. The van der Waals surface area contributed by atoms with E-state index < -0.39 is 5.60 Å². The number of aromatic nitrogens is 3. The number of hydrogen-bond donors (Lipinski definition) is 0. The Balaban J connectivity index is 2.00. The molecule has 5 nitrogen and oxygen atoms in total. The molecule has 7 heteroatoms. The third-order valence-corrected chi connectivity index (χ3v) is 3.61. The van der Waals surface area contributed by atoms with Crippen molar-refractivity contribution in [1.82, 2.24) is 14.8 Å². The van der Waals surface area contributed by atoms with Gasteiger partial charge in [0.25, 0.3) is 0 Å². The lowest BCUT2D eigenvalue weighted by Crippen LogP contribution is -2.34. The van der Waals surface area contributed by atoms with Crippen molar-refractivity contribution in [3.05, 3.63) is 46.5 Å². The Morgan fingerprint density at radius 3 is 2.89 bits per heavy atom. The summed E-state index contributed by atoms with van der Waals surface area (Å²) in [6.45, 7) is 1.12. The lowest BCUT2D eigenvalue weighted by Gasteiger charge is -2.27. The molecule has 1 atom stereocenters. The van der Waals surface area contributed by atoms with Gasteiger partial charge in [0.15, 0.2) is 0 Å². The van der Waals surface area contributed by atoms with Crippen molar-refractivity contribution in [2.45, 2.75) is 12.1 Å². The van der Waals surface area contributed by atoms with E-state index in [0.29, 0.717) is 23.2 Å². The molecule has 0 bridgehead atoms. The molecule has 1 unspecified atom stereocenters. The van der Waals surface area contributed by atoms with Crippen molar-refractivity contribution >= 4 is 23.2 Å². The summed E-state index contributed by atoms with van der Waals surface area (Å²) in [7, 11) is 0. The van der Waals surface area contributed by atoms with Crippen LogP contribution in [0, 0.1) is 0 Å². The zero-order chi connectivity index (χ0) is 13.3. The van der Waals surface area contributed by atoms with E-state index in [1.54, 1.807) is 23.1 Å². The van der Waals surface area contributed by atoms with E-state index >= 15 is 0 Å². The van der Waals surface area contributed by atoms with Crippen LogP contribution in [0.4, 0.5) is 0 Å². The molecule has 0 spiro atoms. The minimum atomic E-state index is -0.657. The summed E-state index contributed by atoms with van der Waals surface area (Å²) in [5.41, 5.74) is 0.182. The van der Waals surface area contributed by atoms with Gasteiger partial charge < -0.3 is 9.47 Å². The van der Waals surface area contributed by atoms with Crippen LogP contribution >= 0.6 is 23.2 Å². The second-order valence-electron chi connectivity index (χ2n) is 4.32. The zero-order valence-corrected chi connectivity index (χ0v) is 11.4. The first-order valence-corrected chi connectivity index (χ1v) is 6.45. The van der Waals surface area contributed by atoms with Gasteiger partial charge in [0.1, 0.15) is 25.0 Å². The number of halogens is 2. The van der Waals surface area contributed by atoms with Crippen LogP contribution in [-0.2, 0) is 21.6 Å². The van der Waals surface area contributed by atoms with E-state index in [1.807, 2.05) is 6.07 Å². The fraction of sp³-hybridized carbons (Fsp3) is 0.333. The van der Waals surface area contributed by atoms with Crippen LogP contribution < -0.4 is 0 Å². The Labute approximate surface area is 120 Å². The summed E-state index contributed by atoms with van der Waals surface area (Å²) in [6, 6.07) is 5.34. The molecule has 1 saturated heterocycles. The van der Waals surface area contributed by atoms with Crippen LogP contribution in [0.5, 0.6) is 0 Å². The first-order valence-electron chi connectivity index (χ1n) is 5.69. The summed E-state index contributed by atoms with van der Waals surface area (Å²) in [5.74, 6) is 0. The van der Waals surface area contributed by atoms with Crippen molar-refractivity contribution in [1.29, 1.82) is 0 Å². The van der Waals surface area contributed by atoms with E-state index in [1.165, 1.54) is 6.33 Å². The largest absolute Gasteiger partial charge is 0.352 e. The molecule has 1 aliphatic heterocycles. The predicted octanol–water partition coefficient (Wildman–Crippen LogP) is 2.48. The maximum absolute atomic E-state index is 6.27. The smallest absolute Gasteiger partial charge is 0.148 e. The van der Waals surface area contributed by atoms with Gasteiger partial charge >= 0.3 is 0 Å². The monoisotopic (exact) mass is 299 g/mol. The van der Waals surface area contributed by atoms with Crippen LogP contribution in [0.25, 0.3) is 0 Å². The SMILES string of the molecule is Clc1ccc(C2(Cn3cncn3)COCO2)c(Cl)c1. The zero-order valence-electron chi connectivity index (χ0n) is 9.92. The standard InChI is InChI=1S/C12H11Cl2N3O2/c13-9-1-2-10(11(14)3-9)12(5-18-8-19-12)4-17-7-15-6-16-17/h1-3,6-7H,4-5,8H2. The molecule has 2 aromatic rings. The molecule has 0 saturated carbocycles. The molecule has 2 heterocycles. The van der Waals surface area contributed by atoms with Gasteiger partial charge in [-0.2, -0.15) is 5.10 Å². The molecule has 100 valence electrons. The fourth-order valence-corrected chi connectivity index (χ4v) is 2.75. The number of nitrogens with zero attached hydrogens (tertiary/aromatic N) is 3. The van der Waals surface area contributed by atoms with Crippen LogP contribution in [0.15, 0.2) is 30.9 Å². The summed E-state index contributed by atoms with van der Waals surface area (Å²) < 4.78 is 12.8. The molecule has 1 aliphatic rings. The second kappa shape index (κ2) is 5.09. The summed E-state index contributed by atoms with van der Waals surface area (Å²) in [6.07, 6.45) is 3.11. The molecule has 3 rings (SSSR count). The molecule has 1 fully saturated rings. The first kappa shape index (κ1) is 12.9. The van der Waals surface area contributed by atoms with Gasteiger partial charge in [-0.1, -0.05) is 29.3 Å². The summed E-state index contributed by atoms with van der Waals surface area (Å²) in [4.78, 5) is 3.93. The van der Waals surface area contributed by atoms with E-state index in [0.717, 1.165) is 5.56 Å². The number of rotatable bonds is 3. The molecule has 1 aromatic carbocycles. The molecule has 0 N–H and O–H groups in total. The minimum Gasteiger partial charge on any atom is -0.352 e. The average Bonchev–Trinajstić information content (AvgIpc) is 3.02. The van der Waals surface area contributed by atoms with Gasteiger partial charge in [-0.25, -0.2) is 9.67 Å². The highest BCUT2D eigenvalue weighted by atomic mass is 35.5. The van der Waals surface area contributed by atoms with Crippen LogP contribution in [0.1, 0.15) is 5.56 Å². The molecule has 0 aliphatic carbocycles. The molecule has 1 aromatic heterocycles. The van der Waals surface area contributed by atoms with Gasteiger partial charge in [0.05, 0.1) is 13.2 Å².